The predicted molar refractivity (Wildman–Crippen MR) is 65.0 cm³/mol. The molecule has 7 nitrogen and oxygen atoms in total. The Morgan fingerprint density at radius 2 is 1.53 bits per heavy atom. The topological polar surface area (TPSA) is 95.7 Å². The van der Waals surface area contributed by atoms with Crippen LogP contribution >= 0.6 is 0 Å². The van der Waals surface area contributed by atoms with Crippen molar-refractivity contribution in [3.63, 3.8) is 0 Å². The molecule has 0 aliphatic carbocycles. The van der Waals surface area contributed by atoms with Crippen LogP contribution in [0.4, 0.5) is 5.69 Å². The third-order valence-electron chi connectivity index (χ3n) is 2.21. The van der Waals surface area contributed by atoms with Crippen molar-refractivity contribution >= 4 is 17.6 Å². The van der Waals surface area contributed by atoms with Gasteiger partial charge in [-0.25, -0.2) is 9.59 Å². The van der Waals surface area contributed by atoms with E-state index in [2.05, 4.69) is 0 Å². The summed E-state index contributed by atoms with van der Waals surface area (Å²) in [6, 6.07) is 3.84. The van der Waals surface area contributed by atoms with Crippen LogP contribution in [0.15, 0.2) is 18.2 Å². The molecule has 1 aromatic rings. The standard InChI is InChI=1S/C12H13NO6/c1-3-18-11(14)8-6-5-7-9(10(8)13(16)17)12(15)19-4-2/h5-7H,3-4H2,1-2H3. The Balaban J connectivity index is 3.33. The molecule has 0 fully saturated rings. The van der Waals surface area contributed by atoms with Crippen molar-refractivity contribution in [1.82, 2.24) is 0 Å². The number of hydrogen-bond donors (Lipinski definition) is 0. The zero-order valence-corrected chi connectivity index (χ0v) is 10.5. The molecule has 0 N–H and O–H groups in total. The van der Waals surface area contributed by atoms with Crippen molar-refractivity contribution in [3.8, 4) is 0 Å². The van der Waals surface area contributed by atoms with Crippen LogP contribution in [0.3, 0.4) is 0 Å². The summed E-state index contributed by atoms with van der Waals surface area (Å²) in [4.78, 5) is 33.5. The van der Waals surface area contributed by atoms with Gasteiger partial charge in [0, 0.05) is 0 Å². The van der Waals surface area contributed by atoms with Crippen molar-refractivity contribution in [1.29, 1.82) is 0 Å². The lowest BCUT2D eigenvalue weighted by molar-refractivity contribution is -0.385. The molecule has 0 amide bonds. The van der Waals surface area contributed by atoms with E-state index in [-0.39, 0.29) is 24.3 Å². The van der Waals surface area contributed by atoms with Gasteiger partial charge in [-0.15, -0.1) is 0 Å². The van der Waals surface area contributed by atoms with Gasteiger partial charge in [0.15, 0.2) is 0 Å². The summed E-state index contributed by atoms with van der Waals surface area (Å²) in [5, 5.41) is 11.0. The van der Waals surface area contributed by atoms with Crippen molar-refractivity contribution < 1.29 is 24.0 Å². The Bertz CT molecular complexity index is 475. The van der Waals surface area contributed by atoms with Crippen LogP contribution in [-0.2, 0) is 9.47 Å². The van der Waals surface area contributed by atoms with Crippen molar-refractivity contribution in [2.75, 3.05) is 13.2 Å². The number of nitro groups is 1. The van der Waals surface area contributed by atoms with Gasteiger partial charge in [-0.1, -0.05) is 6.07 Å². The summed E-state index contributed by atoms with van der Waals surface area (Å²) in [6.45, 7) is 3.33. The van der Waals surface area contributed by atoms with Crippen LogP contribution in [0.5, 0.6) is 0 Å². The quantitative estimate of drug-likeness (QED) is 0.459. The Hall–Kier alpha value is -2.44. The summed E-state index contributed by atoms with van der Waals surface area (Å²) in [5.41, 5.74) is -1.13. The first-order valence-electron chi connectivity index (χ1n) is 5.64. The monoisotopic (exact) mass is 267 g/mol. The third kappa shape index (κ3) is 3.27. The highest BCUT2D eigenvalue weighted by Crippen LogP contribution is 2.25. The average molecular weight is 267 g/mol. The summed E-state index contributed by atoms with van der Waals surface area (Å²) >= 11 is 0. The molecule has 0 heterocycles. The molecule has 0 saturated heterocycles. The van der Waals surface area contributed by atoms with E-state index in [1.165, 1.54) is 18.2 Å². The molecule has 1 aromatic carbocycles. The van der Waals surface area contributed by atoms with Gasteiger partial charge in [0.2, 0.25) is 0 Å². The zero-order valence-electron chi connectivity index (χ0n) is 10.5. The molecule has 0 aliphatic heterocycles. The van der Waals surface area contributed by atoms with Crippen LogP contribution in [0.1, 0.15) is 34.6 Å². The van der Waals surface area contributed by atoms with E-state index in [9.17, 15) is 19.7 Å². The number of carbonyl (C=O) groups is 2. The van der Waals surface area contributed by atoms with Crippen molar-refractivity contribution in [2.45, 2.75) is 13.8 Å². The molecular formula is C12H13NO6. The van der Waals surface area contributed by atoms with E-state index < -0.39 is 22.5 Å². The molecule has 0 spiro atoms. The van der Waals surface area contributed by atoms with Gasteiger partial charge in [0.05, 0.1) is 18.1 Å². The van der Waals surface area contributed by atoms with E-state index in [4.69, 9.17) is 9.47 Å². The van der Waals surface area contributed by atoms with Gasteiger partial charge >= 0.3 is 11.9 Å². The molecule has 0 atom stereocenters. The Morgan fingerprint density at radius 3 is 1.84 bits per heavy atom. The molecule has 0 bridgehead atoms. The van der Waals surface area contributed by atoms with E-state index in [0.29, 0.717) is 0 Å². The fourth-order valence-electron chi connectivity index (χ4n) is 1.49. The minimum Gasteiger partial charge on any atom is -0.462 e. The fourth-order valence-corrected chi connectivity index (χ4v) is 1.49. The molecule has 0 unspecified atom stereocenters. The van der Waals surface area contributed by atoms with E-state index in [1.807, 2.05) is 0 Å². The normalized spacial score (nSPS) is 9.79. The van der Waals surface area contributed by atoms with E-state index in [1.54, 1.807) is 13.8 Å². The fraction of sp³-hybridized carbons (Fsp3) is 0.333. The second-order valence-electron chi connectivity index (χ2n) is 3.40. The number of nitrogens with zero attached hydrogens (tertiary/aromatic N) is 1. The van der Waals surface area contributed by atoms with Crippen LogP contribution in [0.25, 0.3) is 0 Å². The number of carbonyl (C=O) groups excluding carboxylic acids is 2. The van der Waals surface area contributed by atoms with Crippen LogP contribution in [-0.4, -0.2) is 30.1 Å². The highest BCUT2D eigenvalue weighted by atomic mass is 16.6. The van der Waals surface area contributed by atoms with Gasteiger partial charge in [-0.2, -0.15) is 0 Å². The van der Waals surface area contributed by atoms with Gasteiger partial charge in [0.1, 0.15) is 11.1 Å². The first kappa shape index (κ1) is 14.6. The number of nitro benzene ring substituents is 1. The number of ether oxygens (including phenoxy) is 2. The largest absolute Gasteiger partial charge is 0.462 e. The molecule has 19 heavy (non-hydrogen) atoms. The minimum atomic E-state index is -0.847. The number of benzene rings is 1. The van der Waals surface area contributed by atoms with Crippen molar-refractivity contribution in [3.05, 3.63) is 39.4 Å². The number of esters is 2. The van der Waals surface area contributed by atoms with Gasteiger partial charge < -0.3 is 9.47 Å². The number of hydrogen-bond acceptors (Lipinski definition) is 6. The van der Waals surface area contributed by atoms with Gasteiger partial charge in [-0.05, 0) is 26.0 Å². The lowest BCUT2D eigenvalue weighted by Crippen LogP contribution is -2.13. The number of para-hydroxylation sites is 1. The van der Waals surface area contributed by atoms with Crippen LogP contribution in [0.2, 0.25) is 0 Å². The molecule has 0 radical (unpaired) electrons. The predicted octanol–water partition coefficient (Wildman–Crippen LogP) is 1.95. The highest BCUT2D eigenvalue weighted by molar-refractivity contribution is 6.02. The zero-order chi connectivity index (χ0) is 14.4. The smallest absolute Gasteiger partial charge is 0.345 e. The van der Waals surface area contributed by atoms with E-state index >= 15 is 0 Å². The molecule has 0 aromatic heterocycles. The third-order valence-corrected chi connectivity index (χ3v) is 2.21. The number of rotatable bonds is 5. The summed E-state index contributed by atoms with van der Waals surface area (Å²) in [5.74, 6) is -1.69. The molecule has 1 rings (SSSR count). The summed E-state index contributed by atoms with van der Waals surface area (Å²) in [7, 11) is 0. The highest BCUT2D eigenvalue weighted by Gasteiger charge is 2.29. The summed E-state index contributed by atoms with van der Waals surface area (Å²) in [6.07, 6.45) is 0. The molecular weight excluding hydrogens is 254 g/mol. The summed E-state index contributed by atoms with van der Waals surface area (Å²) < 4.78 is 9.44. The lowest BCUT2D eigenvalue weighted by atomic mass is 10.1. The van der Waals surface area contributed by atoms with Crippen LogP contribution < -0.4 is 0 Å². The lowest BCUT2D eigenvalue weighted by Gasteiger charge is -2.06. The Labute approximate surface area is 109 Å². The SMILES string of the molecule is CCOC(=O)c1cccc(C(=O)OCC)c1[N+](=O)[O-]. The van der Waals surface area contributed by atoms with Gasteiger partial charge in [0.25, 0.3) is 5.69 Å². The average Bonchev–Trinajstić information content (AvgIpc) is 2.38. The first-order valence-corrected chi connectivity index (χ1v) is 5.64. The maximum Gasteiger partial charge on any atom is 0.345 e. The molecule has 7 heteroatoms. The Kier molecular flexibility index (Phi) is 4.99. The molecule has 0 aliphatic rings. The molecule has 102 valence electrons. The second-order valence-corrected chi connectivity index (χ2v) is 3.40. The Morgan fingerprint density at radius 1 is 1.11 bits per heavy atom. The maximum absolute atomic E-state index is 11.6. The second kappa shape index (κ2) is 6.48. The maximum atomic E-state index is 11.6. The first-order chi connectivity index (χ1) is 9.02. The van der Waals surface area contributed by atoms with E-state index in [0.717, 1.165) is 0 Å². The van der Waals surface area contributed by atoms with Crippen molar-refractivity contribution in [2.24, 2.45) is 0 Å². The van der Waals surface area contributed by atoms with Crippen LogP contribution in [0, 0.1) is 10.1 Å². The van der Waals surface area contributed by atoms with Gasteiger partial charge in [-0.3, -0.25) is 10.1 Å². The minimum absolute atomic E-state index is 0.0830. The molecule has 0 saturated carbocycles.